The number of aryl methyl sites for hydroxylation is 2. The van der Waals surface area contributed by atoms with Gasteiger partial charge in [-0.15, -0.1) is 4.91 Å². The number of nitroso groups, excluding NO2 is 1. The first kappa shape index (κ1) is 12.8. The molecule has 0 saturated carbocycles. The average molecular weight is 286 g/mol. The van der Waals surface area contributed by atoms with E-state index in [-0.39, 0.29) is 5.82 Å². The molecule has 2 aromatic heterocycles. The Kier molecular flexibility index (Phi) is 3.03. The molecular weight excluding hydrogens is 274 g/mol. The van der Waals surface area contributed by atoms with Gasteiger partial charge in [0, 0.05) is 11.8 Å². The molecule has 4 nitrogen and oxygen atoms in total. The fourth-order valence-electron chi connectivity index (χ4n) is 2.35. The van der Waals surface area contributed by atoms with Crippen LogP contribution in [-0.2, 0) is 0 Å². The molecule has 2 heterocycles. The molecule has 0 spiro atoms. The van der Waals surface area contributed by atoms with Crippen molar-refractivity contribution >= 4 is 23.1 Å². The van der Waals surface area contributed by atoms with E-state index < -0.39 is 0 Å². The normalized spacial score (nSPS) is 10.9. The summed E-state index contributed by atoms with van der Waals surface area (Å²) in [6.07, 6.45) is 1.65. The SMILES string of the molecule is Cc1ccc(-c2nc3ccc(Cl)cn3c2N=O)c(C)c1. The van der Waals surface area contributed by atoms with Crippen LogP contribution in [-0.4, -0.2) is 9.38 Å². The topological polar surface area (TPSA) is 46.7 Å². The van der Waals surface area contributed by atoms with Crippen molar-refractivity contribution in [1.29, 1.82) is 0 Å². The molecule has 3 rings (SSSR count). The zero-order valence-electron chi connectivity index (χ0n) is 11.1. The molecule has 5 heteroatoms. The summed E-state index contributed by atoms with van der Waals surface area (Å²) in [5.41, 5.74) is 4.37. The first-order valence-electron chi connectivity index (χ1n) is 6.19. The Morgan fingerprint density at radius 2 is 2.00 bits per heavy atom. The second-order valence-electron chi connectivity index (χ2n) is 4.77. The van der Waals surface area contributed by atoms with E-state index in [4.69, 9.17) is 11.6 Å². The molecule has 0 aliphatic rings. The molecule has 0 amide bonds. The van der Waals surface area contributed by atoms with Crippen molar-refractivity contribution in [2.24, 2.45) is 5.18 Å². The first-order valence-corrected chi connectivity index (χ1v) is 6.56. The monoisotopic (exact) mass is 285 g/mol. The number of fused-ring (bicyclic) bond motifs is 1. The summed E-state index contributed by atoms with van der Waals surface area (Å²) in [5.74, 6) is 0.273. The van der Waals surface area contributed by atoms with E-state index in [2.05, 4.69) is 16.2 Å². The molecule has 100 valence electrons. The van der Waals surface area contributed by atoms with Crippen molar-refractivity contribution in [2.45, 2.75) is 13.8 Å². The highest BCUT2D eigenvalue weighted by atomic mass is 35.5. The third kappa shape index (κ3) is 1.98. The summed E-state index contributed by atoms with van der Waals surface area (Å²) < 4.78 is 1.62. The van der Waals surface area contributed by atoms with Crippen molar-refractivity contribution in [3.05, 3.63) is 57.6 Å². The minimum atomic E-state index is 0.273. The van der Waals surface area contributed by atoms with Gasteiger partial charge in [0.05, 0.1) is 5.02 Å². The smallest absolute Gasteiger partial charge is 0.209 e. The number of imidazole rings is 1. The van der Waals surface area contributed by atoms with Crippen LogP contribution >= 0.6 is 11.6 Å². The molecule has 1 aromatic carbocycles. The maximum Gasteiger partial charge on any atom is 0.209 e. The Hall–Kier alpha value is -2.20. The van der Waals surface area contributed by atoms with Crippen LogP contribution in [0.15, 0.2) is 41.7 Å². The van der Waals surface area contributed by atoms with Gasteiger partial charge < -0.3 is 0 Å². The highest BCUT2D eigenvalue weighted by Gasteiger charge is 2.16. The van der Waals surface area contributed by atoms with Gasteiger partial charge in [0.1, 0.15) is 11.3 Å². The molecule has 0 aliphatic carbocycles. The quantitative estimate of drug-likeness (QED) is 0.642. The summed E-state index contributed by atoms with van der Waals surface area (Å²) >= 11 is 5.96. The Morgan fingerprint density at radius 3 is 2.70 bits per heavy atom. The first-order chi connectivity index (χ1) is 9.60. The predicted octanol–water partition coefficient (Wildman–Crippen LogP) is 4.67. The Morgan fingerprint density at radius 1 is 1.20 bits per heavy atom. The van der Waals surface area contributed by atoms with Gasteiger partial charge in [-0.1, -0.05) is 35.4 Å². The van der Waals surface area contributed by atoms with Gasteiger partial charge >= 0.3 is 0 Å². The number of hydrogen-bond donors (Lipinski definition) is 0. The lowest BCUT2D eigenvalue weighted by Crippen LogP contribution is -1.85. The zero-order chi connectivity index (χ0) is 14.3. The van der Waals surface area contributed by atoms with Crippen LogP contribution in [0.5, 0.6) is 0 Å². The van der Waals surface area contributed by atoms with Crippen LogP contribution in [0.2, 0.25) is 5.02 Å². The highest BCUT2D eigenvalue weighted by Crippen LogP contribution is 2.33. The standard InChI is InChI=1S/C15H12ClN3O/c1-9-3-5-12(10(2)7-9)14-15(18-20)19-8-11(16)4-6-13(19)17-14/h3-8H,1-2H3. The van der Waals surface area contributed by atoms with Crippen molar-refractivity contribution < 1.29 is 0 Å². The third-order valence-electron chi connectivity index (χ3n) is 3.28. The van der Waals surface area contributed by atoms with Gasteiger partial charge in [0.2, 0.25) is 5.82 Å². The third-order valence-corrected chi connectivity index (χ3v) is 3.50. The lowest BCUT2D eigenvalue weighted by Gasteiger charge is -2.04. The molecule has 20 heavy (non-hydrogen) atoms. The number of rotatable bonds is 2. The maximum atomic E-state index is 11.2. The van der Waals surface area contributed by atoms with E-state index in [0.717, 1.165) is 11.1 Å². The van der Waals surface area contributed by atoms with Crippen molar-refractivity contribution in [3.8, 4) is 11.3 Å². The van der Waals surface area contributed by atoms with Gasteiger partial charge in [0.15, 0.2) is 0 Å². The van der Waals surface area contributed by atoms with Crippen LogP contribution in [0.25, 0.3) is 16.9 Å². The van der Waals surface area contributed by atoms with Crippen LogP contribution in [0.1, 0.15) is 11.1 Å². The minimum absolute atomic E-state index is 0.273. The number of benzene rings is 1. The Bertz CT molecular complexity index is 823. The number of hydrogen-bond acceptors (Lipinski definition) is 3. The summed E-state index contributed by atoms with van der Waals surface area (Å²) in [4.78, 5) is 15.7. The number of nitrogens with zero attached hydrogens (tertiary/aromatic N) is 3. The van der Waals surface area contributed by atoms with E-state index >= 15 is 0 Å². The highest BCUT2D eigenvalue weighted by molar-refractivity contribution is 6.30. The summed E-state index contributed by atoms with van der Waals surface area (Å²) in [5, 5.41) is 3.67. The van der Waals surface area contributed by atoms with Crippen molar-refractivity contribution in [3.63, 3.8) is 0 Å². The fraction of sp³-hybridized carbons (Fsp3) is 0.133. The molecule has 0 fully saturated rings. The van der Waals surface area contributed by atoms with Gasteiger partial charge in [-0.2, -0.15) is 0 Å². The van der Waals surface area contributed by atoms with Crippen molar-refractivity contribution in [2.75, 3.05) is 0 Å². The lowest BCUT2D eigenvalue weighted by atomic mass is 10.0. The van der Waals surface area contributed by atoms with Crippen molar-refractivity contribution in [1.82, 2.24) is 9.38 Å². The Labute approximate surface area is 121 Å². The molecule has 0 radical (unpaired) electrons. The number of halogens is 1. The second kappa shape index (κ2) is 4.72. The molecule has 0 saturated heterocycles. The van der Waals surface area contributed by atoms with E-state index in [1.54, 1.807) is 22.7 Å². The van der Waals surface area contributed by atoms with E-state index in [1.807, 2.05) is 26.0 Å². The van der Waals surface area contributed by atoms with Crippen LogP contribution < -0.4 is 0 Å². The van der Waals surface area contributed by atoms with E-state index in [0.29, 0.717) is 16.4 Å². The Balaban J connectivity index is 2.33. The van der Waals surface area contributed by atoms with Gasteiger partial charge in [-0.3, -0.25) is 4.40 Å². The summed E-state index contributed by atoms with van der Waals surface area (Å²) in [6, 6.07) is 9.52. The minimum Gasteiger partial charge on any atom is -0.280 e. The van der Waals surface area contributed by atoms with Crippen LogP contribution in [0.4, 0.5) is 5.82 Å². The van der Waals surface area contributed by atoms with Crippen LogP contribution in [0.3, 0.4) is 0 Å². The second-order valence-corrected chi connectivity index (χ2v) is 5.21. The largest absolute Gasteiger partial charge is 0.280 e. The summed E-state index contributed by atoms with van der Waals surface area (Å²) in [7, 11) is 0. The maximum absolute atomic E-state index is 11.2. The molecule has 0 atom stereocenters. The van der Waals surface area contributed by atoms with Gasteiger partial charge in [0.25, 0.3) is 0 Å². The fourth-order valence-corrected chi connectivity index (χ4v) is 2.51. The lowest BCUT2D eigenvalue weighted by molar-refractivity contribution is 1.16. The van der Waals surface area contributed by atoms with Gasteiger partial charge in [-0.05, 0) is 36.7 Å². The summed E-state index contributed by atoms with van der Waals surface area (Å²) in [6.45, 7) is 4.02. The van der Waals surface area contributed by atoms with E-state index in [9.17, 15) is 4.91 Å². The van der Waals surface area contributed by atoms with E-state index in [1.165, 1.54) is 5.56 Å². The molecular formula is C15H12ClN3O. The number of pyridine rings is 1. The molecule has 0 aliphatic heterocycles. The van der Waals surface area contributed by atoms with Gasteiger partial charge in [-0.25, -0.2) is 4.98 Å². The molecule has 0 unspecified atom stereocenters. The average Bonchev–Trinajstić information content (AvgIpc) is 2.76. The molecule has 0 bridgehead atoms. The molecule has 0 N–H and O–H groups in total. The zero-order valence-corrected chi connectivity index (χ0v) is 11.8. The predicted molar refractivity (Wildman–Crippen MR) is 80.6 cm³/mol. The van der Waals surface area contributed by atoms with Crippen LogP contribution in [0, 0.1) is 18.8 Å². The number of aromatic nitrogens is 2. The molecule has 3 aromatic rings.